The molecule has 0 fully saturated rings. The molecule has 0 saturated carbocycles. The van der Waals surface area contributed by atoms with E-state index in [-0.39, 0.29) is 5.92 Å². The second-order valence-corrected chi connectivity index (χ2v) is 4.98. The molecule has 1 aromatic carbocycles. The highest BCUT2D eigenvalue weighted by molar-refractivity contribution is 5.78. The number of rotatable bonds is 4. The van der Waals surface area contributed by atoms with Crippen LogP contribution in [0.15, 0.2) is 12.1 Å². The van der Waals surface area contributed by atoms with Crippen LogP contribution in [0.2, 0.25) is 0 Å². The van der Waals surface area contributed by atoms with Gasteiger partial charge in [0.1, 0.15) is 6.04 Å². The summed E-state index contributed by atoms with van der Waals surface area (Å²) in [5, 5.41) is 12.3. The van der Waals surface area contributed by atoms with Crippen LogP contribution in [0, 0.1) is 26.7 Å². The number of hydrogen-bond donors (Lipinski definition) is 2. The van der Waals surface area contributed by atoms with E-state index in [0.29, 0.717) is 0 Å². The summed E-state index contributed by atoms with van der Waals surface area (Å²) in [7, 11) is 0. The Balaban J connectivity index is 3.05. The number of carbonyl (C=O) groups is 1. The average molecular weight is 235 g/mol. The van der Waals surface area contributed by atoms with E-state index in [1.54, 1.807) is 0 Å². The van der Waals surface area contributed by atoms with E-state index in [2.05, 4.69) is 17.4 Å². The van der Waals surface area contributed by atoms with Crippen LogP contribution in [-0.2, 0) is 4.79 Å². The molecule has 0 spiro atoms. The van der Waals surface area contributed by atoms with Gasteiger partial charge in [-0.2, -0.15) is 0 Å². The Labute approximate surface area is 103 Å². The van der Waals surface area contributed by atoms with Crippen LogP contribution in [0.3, 0.4) is 0 Å². The minimum Gasteiger partial charge on any atom is -0.480 e. The minimum absolute atomic E-state index is 0.0487. The predicted octanol–water partition coefficient (Wildman–Crippen LogP) is 3.13. The normalized spacial score (nSPS) is 12.6. The third-order valence-electron chi connectivity index (χ3n) is 2.91. The molecule has 94 valence electrons. The van der Waals surface area contributed by atoms with Gasteiger partial charge in [-0.25, -0.2) is 4.79 Å². The number of carboxylic acid groups (broad SMARTS) is 1. The molecule has 3 nitrogen and oxygen atoms in total. The standard InChI is InChI=1S/C14H21NO2/c1-8(2)12(14(16)17)15-13-10(4)6-9(3)7-11(13)5/h6-8,12,15H,1-5H3,(H,16,17)/t12-/m0/s1. The van der Waals surface area contributed by atoms with Gasteiger partial charge in [0.2, 0.25) is 0 Å². The maximum absolute atomic E-state index is 11.2. The predicted molar refractivity (Wildman–Crippen MR) is 70.5 cm³/mol. The van der Waals surface area contributed by atoms with Crippen molar-refractivity contribution in [3.8, 4) is 0 Å². The van der Waals surface area contributed by atoms with E-state index in [1.807, 2.05) is 34.6 Å². The van der Waals surface area contributed by atoms with E-state index in [4.69, 9.17) is 0 Å². The second-order valence-electron chi connectivity index (χ2n) is 4.98. The fourth-order valence-corrected chi connectivity index (χ4v) is 2.08. The summed E-state index contributed by atoms with van der Waals surface area (Å²) in [5.41, 5.74) is 4.32. The Morgan fingerprint density at radius 1 is 1.18 bits per heavy atom. The number of aryl methyl sites for hydroxylation is 3. The molecular weight excluding hydrogens is 214 g/mol. The fraction of sp³-hybridized carbons (Fsp3) is 0.500. The number of benzene rings is 1. The summed E-state index contributed by atoms with van der Waals surface area (Å²) < 4.78 is 0. The average Bonchev–Trinajstić information content (AvgIpc) is 2.14. The minimum atomic E-state index is -0.806. The summed E-state index contributed by atoms with van der Waals surface area (Å²) in [6.07, 6.45) is 0. The van der Waals surface area contributed by atoms with Crippen LogP contribution in [0.5, 0.6) is 0 Å². The molecule has 1 rings (SSSR count). The molecule has 0 aliphatic heterocycles. The topological polar surface area (TPSA) is 49.3 Å². The van der Waals surface area contributed by atoms with E-state index in [0.717, 1.165) is 16.8 Å². The third-order valence-corrected chi connectivity index (χ3v) is 2.91. The third kappa shape index (κ3) is 3.22. The van der Waals surface area contributed by atoms with Gasteiger partial charge in [0.25, 0.3) is 0 Å². The molecule has 17 heavy (non-hydrogen) atoms. The summed E-state index contributed by atoms with van der Waals surface area (Å²) in [6, 6.07) is 3.58. The molecule has 1 atom stereocenters. The van der Waals surface area contributed by atoms with Gasteiger partial charge in [-0.3, -0.25) is 0 Å². The Hall–Kier alpha value is -1.51. The van der Waals surface area contributed by atoms with Gasteiger partial charge < -0.3 is 10.4 Å². The lowest BCUT2D eigenvalue weighted by Crippen LogP contribution is -2.34. The van der Waals surface area contributed by atoms with Crippen LogP contribution in [0.4, 0.5) is 5.69 Å². The van der Waals surface area contributed by atoms with E-state index >= 15 is 0 Å². The Morgan fingerprint density at radius 3 is 2.00 bits per heavy atom. The van der Waals surface area contributed by atoms with Gasteiger partial charge in [-0.1, -0.05) is 31.5 Å². The van der Waals surface area contributed by atoms with Crippen molar-refractivity contribution in [3.05, 3.63) is 28.8 Å². The number of carboxylic acids is 1. The van der Waals surface area contributed by atoms with Crippen molar-refractivity contribution in [2.45, 2.75) is 40.7 Å². The monoisotopic (exact) mass is 235 g/mol. The lowest BCUT2D eigenvalue weighted by Gasteiger charge is -2.22. The molecule has 0 heterocycles. The molecule has 0 aliphatic rings. The fourth-order valence-electron chi connectivity index (χ4n) is 2.08. The highest BCUT2D eigenvalue weighted by Gasteiger charge is 2.22. The van der Waals surface area contributed by atoms with Gasteiger partial charge >= 0.3 is 5.97 Å². The summed E-state index contributed by atoms with van der Waals surface area (Å²) >= 11 is 0. The molecule has 0 radical (unpaired) electrons. The molecule has 0 aliphatic carbocycles. The smallest absolute Gasteiger partial charge is 0.326 e. The maximum Gasteiger partial charge on any atom is 0.326 e. The Kier molecular flexibility index (Phi) is 4.16. The zero-order valence-corrected chi connectivity index (χ0v) is 11.2. The lowest BCUT2D eigenvalue weighted by atomic mass is 10.0. The van der Waals surface area contributed by atoms with E-state index in [9.17, 15) is 9.90 Å². The number of anilines is 1. The van der Waals surface area contributed by atoms with Crippen molar-refractivity contribution in [2.75, 3.05) is 5.32 Å². The van der Waals surface area contributed by atoms with E-state index in [1.165, 1.54) is 5.56 Å². The largest absolute Gasteiger partial charge is 0.480 e. The molecule has 0 unspecified atom stereocenters. The van der Waals surface area contributed by atoms with Crippen molar-refractivity contribution in [3.63, 3.8) is 0 Å². The first-order chi connectivity index (χ1) is 7.82. The molecule has 3 heteroatoms. The van der Waals surface area contributed by atoms with Crippen LogP contribution in [0.25, 0.3) is 0 Å². The summed E-state index contributed by atoms with van der Waals surface area (Å²) in [4.78, 5) is 11.2. The number of aliphatic carboxylic acids is 1. The zero-order valence-electron chi connectivity index (χ0n) is 11.2. The molecule has 0 amide bonds. The maximum atomic E-state index is 11.2. The first-order valence-corrected chi connectivity index (χ1v) is 5.90. The van der Waals surface area contributed by atoms with Gasteiger partial charge in [-0.05, 0) is 37.8 Å². The van der Waals surface area contributed by atoms with Crippen molar-refractivity contribution >= 4 is 11.7 Å². The first kappa shape index (κ1) is 13.6. The highest BCUT2D eigenvalue weighted by atomic mass is 16.4. The Bertz CT molecular complexity index is 401. The van der Waals surface area contributed by atoms with Gasteiger partial charge in [0, 0.05) is 5.69 Å². The molecule has 1 aromatic rings. The van der Waals surface area contributed by atoms with Crippen LogP contribution in [-0.4, -0.2) is 17.1 Å². The van der Waals surface area contributed by atoms with Gasteiger partial charge in [0.05, 0.1) is 0 Å². The lowest BCUT2D eigenvalue weighted by molar-refractivity contribution is -0.138. The molecule has 0 bridgehead atoms. The SMILES string of the molecule is Cc1cc(C)c(N[C@H](C(=O)O)C(C)C)c(C)c1. The molecule has 0 aromatic heterocycles. The first-order valence-electron chi connectivity index (χ1n) is 5.90. The van der Waals surface area contributed by atoms with Crippen molar-refractivity contribution < 1.29 is 9.90 Å². The molecular formula is C14H21NO2. The van der Waals surface area contributed by atoms with Crippen molar-refractivity contribution in [2.24, 2.45) is 5.92 Å². The van der Waals surface area contributed by atoms with Crippen LogP contribution in [0.1, 0.15) is 30.5 Å². The quantitative estimate of drug-likeness (QED) is 0.843. The second kappa shape index (κ2) is 5.21. The van der Waals surface area contributed by atoms with Gasteiger partial charge in [0.15, 0.2) is 0 Å². The Morgan fingerprint density at radius 2 is 1.65 bits per heavy atom. The zero-order chi connectivity index (χ0) is 13.2. The number of nitrogens with one attached hydrogen (secondary N) is 1. The summed E-state index contributed by atoms with van der Waals surface area (Å²) in [5.74, 6) is -0.757. The van der Waals surface area contributed by atoms with Crippen LogP contribution >= 0.6 is 0 Å². The molecule has 2 N–H and O–H groups in total. The number of hydrogen-bond acceptors (Lipinski definition) is 2. The van der Waals surface area contributed by atoms with Crippen molar-refractivity contribution in [1.29, 1.82) is 0 Å². The highest BCUT2D eigenvalue weighted by Crippen LogP contribution is 2.24. The van der Waals surface area contributed by atoms with Gasteiger partial charge in [-0.15, -0.1) is 0 Å². The summed E-state index contributed by atoms with van der Waals surface area (Å²) in [6.45, 7) is 9.86. The van der Waals surface area contributed by atoms with E-state index < -0.39 is 12.0 Å². The van der Waals surface area contributed by atoms with Crippen molar-refractivity contribution in [1.82, 2.24) is 0 Å². The van der Waals surface area contributed by atoms with Crippen LogP contribution < -0.4 is 5.32 Å². The molecule has 0 saturated heterocycles.